The zero-order valence-corrected chi connectivity index (χ0v) is 11.4. The lowest BCUT2D eigenvalue weighted by molar-refractivity contribution is -0.373. The summed E-state index contributed by atoms with van der Waals surface area (Å²) in [7, 11) is 1.38. The molecule has 0 aromatic heterocycles. The van der Waals surface area contributed by atoms with Crippen LogP contribution in [0.1, 0.15) is 39.0 Å². The van der Waals surface area contributed by atoms with Gasteiger partial charge in [-0.15, -0.1) is 0 Å². The normalized spacial score (nSPS) is 45.5. The summed E-state index contributed by atoms with van der Waals surface area (Å²) in [5.74, 6) is -1.23. The second-order valence-electron chi connectivity index (χ2n) is 6.00. The maximum Gasteiger partial charge on any atom is 0.313 e. The molecular formula is C14H20O5. The monoisotopic (exact) mass is 268 g/mol. The van der Waals surface area contributed by atoms with E-state index in [1.54, 1.807) is 0 Å². The molecule has 1 saturated carbocycles. The molecule has 4 unspecified atom stereocenters. The highest BCUT2D eigenvalue weighted by atomic mass is 16.7. The van der Waals surface area contributed by atoms with Crippen LogP contribution in [0.2, 0.25) is 0 Å². The molecule has 19 heavy (non-hydrogen) atoms. The van der Waals surface area contributed by atoms with Crippen LogP contribution >= 0.6 is 0 Å². The molecule has 0 aromatic rings. The Balaban J connectivity index is 1.88. The van der Waals surface area contributed by atoms with Crippen molar-refractivity contribution in [3.05, 3.63) is 0 Å². The highest BCUT2D eigenvalue weighted by Gasteiger charge is 2.63. The minimum atomic E-state index is -0.810. The molecule has 3 fully saturated rings. The third kappa shape index (κ3) is 1.68. The fourth-order valence-electron chi connectivity index (χ4n) is 3.75. The minimum absolute atomic E-state index is 0.180. The van der Waals surface area contributed by atoms with Crippen LogP contribution in [0.5, 0.6) is 0 Å². The molecule has 5 nitrogen and oxygen atoms in total. The summed E-state index contributed by atoms with van der Waals surface area (Å²) in [6, 6.07) is 0. The van der Waals surface area contributed by atoms with E-state index in [0.29, 0.717) is 19.4 Å². The van der Waals surface area contributed by atoms with Gasteiger partial charge in [-0.2, -0.15) is 0 Å². The third-order valence-corrected chi connectivity index (χ3v) is 5.09. The van der Waals surface area contributed by atoms with E-state index in [1.165, 1.54) is 7.11 Å². The number of hydrogen-bond donors (Lipinski definition) is 0. The summed E-state index contributed by atoms with van der Waals surface area (Å²) in [5.41, 5.74) is -0.553. The number of esters is 1. The number of carbonyl (C=O) groups is 2. The summed E-state index contributed by atoms with van der Waals surface area (Å²) in [4.78, 5) is 24.0. The molecule has 0 amide bonds. The van der Waals surface area contributed by atoms with Crippen molar-refractivity contribution in [1.29, 1.82) is 0 Å². The van der Waals surface area contributed by atoms with Crippen LogP contribution in [-0.4, -0.2) is 37.4 Å². The van der Waals surface area contributed by atoms with Crippen LogP contribution in [0, 0.1) is 11.3 Å². The molecule has 3 aliphatic rings. The third-order valence-electron chi connectivity index (χ3n) is 5.09. The lowest BCUT2D eigenvalue weighted by Gasteiger charge is -2.58. The second-order valence-corrected chi connectivity index (χ2v) is 6.00. The number of fused-ring (bicyclic) bond motifs is 1. The number of carbonyl (C=O) groups excluding carboxylic acids is 2. The lowest BCUT2D eigenvalue weighted by atomic mass is 9.63. The van der Waals surface area contributed by atoms with Crippen LogP contribution in [0.15, 0.2) is 0 Å². The first-order chi connectivity index (χ1) is 9.02. The topological polar surface area (TPSA) is 61.8 Å². The van der Waals surface area contributed by atoms with E-state index < -0.39 is 11.2 Å². The Labute approximate surface area is 112 Å². The van der Waals surface area contributed by atoms with Gasteiger partial charge in [0.05, 0.1) is 25.2 Å². The standard InChI is InChI=1S/C14H20O5/c1-13-7-5-10-9(12(16)17-2)8-18-14(13,19-10)6-3-4-11(13)15/h9-10H,3-8H2,1-2H3. The van der Waals surface area contributed by atoms with Crippen molar-refractivity contribution in [2.24, 2.45) is 11.3 Å². The Morgan fingerprint density at radius 3 is 2.95 bits per heavy atom. The molecule has 1 aliphatic carbocycles. The Morgan fingerprint density at radius 1 is 1.42 bits per heavy atom. The van der Waals surface area contributed by atoms with Crippen molar-refractivity contribution in [3.8, 4) is 0 Å². The van der Waals surface area contributed by atoms with E-state index in [1.807, 2.05) is 6.92 Å². The molecule has 106 valence electrons. The predicted octanol–water partition coefficient (Wildman–Crippen LogP) is 1.44. The number of ether oxygens (including phenoxy) is 3. The molecule has 0 aromatic carbocycles. The summed E-state index contributed by atoms with van der Waals surface area (Å²) in [5, 5.41) is 0. The molecule has 0 radical (unpaired) electrons. The van der Waals surface area contributed by atoms with Gasteiger partial charge in [0, 0.05) is 12.8 Å². The number of hydrogen-bond acceptors (Lipinski definition) is 5. The molecule has 2 aliphatic heterocycles. The summed E-state index contributed by atoms with van der Waals surface area (Å²) >= 11 is 0. The molecule has 2 heterocycles. The van der Waals surface area contributed by atoms with Gasteiger partial charge in [-0.25, -0.2) is 0 Å². The zero-order valence-electron chi connectivity index (χ0n) is 11.4. The zero-order chi connectivity index (χ0) is 13.7. The van der Waals surface area contributed by atoms with Crippen molar-refractivity contribution in [3.63, 3.8) is 0 Å². The first kappa shape index (κ1) is 13.1. The van der Waals surface area contributed by atoms with Gasteiger partial charge in [-0.3, -0.25) is 9.59 Å². The van der Waals surface area contributed by atoms with E-state index in [-0.39, 0.29) is 23.8 Å². The molecule has 5 heteroatoms. The lowest BCUT2D eigenvalue weighted by Crippen LogP contribution is -2.66. The van der Waals surface area contributed by atoms with Gasteiger partial charge < -0.3 is 14.2 Å². The van der Waals surface area contributed by atoms with E-state index >= 15 is 0 Å². The van der Waals surface area contributed by atoms with E-state index in [0.717, 1.165) is 19.3 Å². The van der Waals surface area contributed by atoms with Crippen LogP contribution in [0.25, 0.3) is 0 Å². The van der Waals surface area contributed by atoms with Crippen LogP contribution < -0.4 is 0 Å². The quantitative estimate of drug-likeness (QED) is 0.673. The molecule has 4 atom stereocenters. The Hall–Kier alpha value is -0.940. The summed E-state index contributed by atoms with van der Waals surface area (Å²) in [6.07, 6.45) is 3.40. The minimum Gasteiger partial charge on any atom is -0.469 e. The van der Waals surface area contributed by atoms with Crippen LogP contribution in [0.4, 0.5) is 0 Å². The fraction of sp³-hybridized carbons (Fsp3) is 0.857. The van der Waals surface area contributed by atoms with E-state index in [9.17, 15) is 9.59 Å². The second kappa shape index (κ2) is 4.28. The molecular weight excluding hydrogens is 248 g/mol. The van der Waals surface area contributed by atoms with Crippen molar-refractivity contribution in [2.75, 3.05) is 13.7 Å². The number of ketones is 1. The number of Topliss-reactive ketones (excluding diaryl/α,β-unsaturated/α-hetero) is 1. The average Bonchev–Trinajstić information content (AvgIpc) is 2.41. The van der Waals surface area contributed by atoms with Gasteiger partial charge in [0.25, 0.3) is 0 Å². The maximum atomic E-state index is 12.3. The SMILES string of the molecule is COC(=O)C1COC23CCCC(=O)C2(C)CCC1O3. The van der Waals surface area contributed by atoms with Crippen molar-refractivity contribution >= 4 is 11.8 Å². The highest BCUT2D eigenvalue weighted by Crippen LogP contribution is 2.55. The summed E-state index contributed by atoms with van der Waals surface area (Å²) < 4.78 is 16.8. The molecule has 3 rings (SSSR count). The van der Waals surface area contributed by atoms with Gasteiger partial charge in [0.2, 0.25) is 0 Å². The highest BCUT2D eigenvalue weighted by molar-refractivity contribution is 5.86. The first-order valence-electron chi connectivity index (χ1n) is 6.95. The fourth-order valence-corrected chi connectivity index (χ4v) is 3.75. The largest absolute Gasteiger partial charge is 0.469 e. The predicted molar refractivity (Wildman–Crippen MR) is 65.3 cm³/mol. The van der Waals surface area contributed by atoms with Crippen LogP contribution in [-0.2, 0) is 23.8 Å². The molecule has 1 spiro atoms. The van der Waals surface area contributed by atoms with E-state index in [2.05, 4.69) is 0 Å². The van der Waals surface area contributed by atoms with E-state index in [4.69, 9.17) is 14.2 Å². The van der Waals surface area contributed by atoms with Gasteiger partial charge >= 0.3 is 5.97 Å². The summed E-state index contributed by atoms with van der Waals surface area (Å²) in [6.45, 7) is 2.24. The Morgan fingerprint density at radius 2 is 2.21 bits per heavy atom. The van der Waals surface area contributed by atoms with Crippen LogP contribution in [0.3, 0.4) is 0 Å². The molecule has 2 saturated heterocycles. The first-order valence-corrected chi connectivity index (χ1v) is 6.95. The van der Waals surface area contributed by atoms with Crippen molar-refractivity contribution in [2.45, 2.75) is 50.9 Å². The Kier molecular flexibility index (Phi) is 2.94. The average molecular weight is 268 g/mol. The van der Waals surface area contributed by atoms with Gasteiger partial charge in [-0.1, -0.05) is 0 Å². The molecule has 0 N–H and O–H groups in total. The number of rotatable bonds is 1. The molecule has 2 bridgehead atoms. The number of methoxy groups -OCH3 is 1. The van der Waals surface area contributed by atoms with Gasteiger partial charge in [0.1, 0.15) is 11.7 Å². The maximum absolute atomic E-state index is 12.3. The van der Waals surface area contributed by atoms with Gasteiger partial charge in [0.15, 0.2) is 5.79 Å². The Bertz CT molecular complexity index is 420. The van der Waals surface area contributed by atoms with Crippen molar-refractivity contribution < 1.29 is 23.8 Å². The smallest absolute Gasteiger partial charge is 0.313 e. The van der Waals surface area contributed by atoms with Crippen molar-refractivity contribution in [1.82, 2.24) is 0 Å². The van der Waals surface area contributed by atoms with Gasteiger partial charge in [-0.05, 0) is 26.2 Å².